The Morgan fingerprint density at radius 2 is 1.35 bits per heavy atom. The molecule has 0 atom stereocenters. The topological polar surface area (TPSA) is 60.9 Å². The molecule has 0 radical (unpaired) electrons. The fourth-order valence-electron chi connectivity index (χ4n) is 1.97. The summed E-state index contributed by atoms with van der Waals surface area (Å²) >= 11 is 0. The van der Waals surface area contributed by atoms with Gasteiger partial charge in [-0.15, -0.1) is 0 Å². The first kappa shape index (κ1) is 19.1. The number of hydrogen-bond acceptors (Lipinski definition) is 5. The molecule has 0 aliphatic heterocycles. The quantitative estimate of drug-likeness (QED) is 0.427. The summed E-state index contributed by atoms with van der Waals surface area (Å²) < 4.78 is 0. The van der Waals surface area contributed by atoms with Crippen LogP contribution in [0.1, 0.15) is 18.4 Å². The fourth-order valence-corrected chi connectivity index (χ4v) is 1.97. The van der Waals surface area contributed by atoms with E-state index in [1.54, 1.807) is 18.2 Å². The Kier molecular flexibility index (Phi) is 7.65. The second-order valence-corrected chi connectivity index (χ2v) is 6.10. The SMILES string of the molecule is CN(C)CCC(=O)C(=Cc1ccc(O)cc1)C(=O)CCN(C)C. The van der Waals surface area contributed by atoms with Crippen LogP contribution in [0.2, 0.25) is 0 Å². The molecule has 0 fully saturated rings. The number of carbonyl (C=O) groups excluding carboxylic acids is 2. The molecule has 1 aromatic carbocycles. The Morgan fingerprint density at radius 1 is 0.913 bits per heavy atom. The van der Waals surface area contributed by atoms with E-state index in [9.17, 15) is 14.7 Å². The van der Waals surface area contributed by atoms with Gasteiger partial charge in [-0.05, 0) is 52.0 Å². The molecular formula is C18H26N2O3. The van der Waals surface area contributed by atoms with Crippen LogP contribution in [0, 0.1) is 0 Å². The highest BCUT2D eigenvalue weighted by atomic mass is 16.3. The highest BCUT2D eigenvalue weighted by Gasteiger charge is 2.18. The number of aromatic hydroxyl groups is 1. The van der Waals surface area contributed by atoms with Gasteiger partial charge in [0.1, 0.15) is 5.75 Å². The van der Waals surface area contributed by atoms with Gasteiger partial charge in [-0.1, -0.05) is 12.1 Å². The van der Waals surface area contributed by atoms with Gasteiger partial charge in [0.15, 0.2) is 11.6 Å². The summed E-state index contributed by atoms with van der Waals surface area (Å²) in [5.74, 6) is -0.132. The van der Waals surface area contributed by atoms with E-state index < -0.39 is 0 Å². The highest BCUT2D eigenvalue weighted by molar-refractivity contribution is 6.23. The molecule has 5 heteroatoms. The fraction of sp³-hybridized carbons (Fsp3) is 0.444. The van der Waals surface area contributed by atoms with Crippen LogP contribution in [0.5, 0.6) is 5.75 Å². The molecule has 0 aliphatic rings. The minimum Gasteiger partial charge on any atom is -0.508 e. The highest BCUT2D eigenvalue weighted by Crippen LogP contribution is 2.15. The summed E-state index contributed by atoms with van der Waals surface area (Å²) in [5.41, 5.74) is 0.966. The number of allylic oxidation sites excluding steroid dienone is 1. The zero-order valence-electron chi connectivity index (χ0n) is 14.4. The van der Waals surface area contributed by atoms with Crippen molar-refractivity contribution in [3.05, 3.63) is 35.4 Å². The van der Waals surface area contributed by atoms with Gasteiger partial charge in [-0.2, -0.15) is 0 Å². The maximum Gasteiger partial charge on any atom is 0.167 e. The average molecular weight is 318 g/mol. The van der Waals surface area contributed by atoms with Gasteiger partial charge in [-0.3, -0.25) is 9.59 Å². The Bertz CT molecular complexity index is 534. The number of phenols is 1. The van der Waals surface area contributed by atoms with Crippen molar-refractivity contribution in [3.63, 3.8) is 0 Å². The molecule has 0 amide bonds. The zero-order valence-corrected chi connectivity index (χ0v) is 14.4. The van der Waals surface area contributed by atoms with E-state index in [0.717, 1.165) is 5.56 Å². The van der Waals surface area contributed by atoms with Gasteiger partial charge in [-0.25, -0.2) is 0 Å². The predicted molar refractivity (Wildman–Crippen MR) is 92.4 cm³/mol. The third-order valence-electron chi connectivity index (χ3n) is 3.38. The van der Waals surface area contributed by atoms with Crippen molar-refractivity contribution in [3.8, 4) is 5.75 Å². The molecule has 5 nitrogen and oxygen atoms in total. The first-order valence-corrected chi connectivity index (χ1v) is 7.66. The number of carbonyl (C=O) groups is 2. The lowest BCUT2D eigenvalue weighted by atomic mass is 9.98. The molecule has 1 N–H and O–H groups in total. The van der Waals surface area contributed by atoms with Crippen molar-refractivity contribution >= 4 is 17.6 Å². The summed E-state index contributed by atoms with van der Waals surface area (Å²) in [7, 11) is 7.57. The monoisotopic (exact) mass is 318 g/mol. The maximum atomic E-state index is 12.4. The van der Waals surface area contributed by atoms with E-state index in [1.165, 1.54) is 12.1 Å². The molecule has 23 heavy (non-hydrogen) atoms. The lowest BCUT2D eigenvalue weighted by Gasteiger charge is -2.12. The average Bonchev–Trinajstić information content (AvgIpc) is 2.49. The van der Waals surface area contributed by atoms with Gasteiger partial charge in [0.05, 0.1) is 5.57 Å². The third kappa shape index (κ3) is 7.21. The second kappa shape index (κ2) is 9.22. The Labute approximate surface area is 138 Å². The molecule has 0 saturated heterocycles. The van der Waals surface area contributed by atoms with Crippen LogP contribution in [0.15, 0.2) is 29.8 Å². The molecular weight excluding hydrogens is 292 g/mol. The molecule has 126 valence electrons. The molecule has 0 aliphatic carbocycles. The van der Waals surface area contributed by atoms with Crippen molar-refractivity contribution in [2.24, 2.45) is 0 Å². The van der Waals surface area contributed by atoms with E-state index in [0.29, 0.717) is 25.9 Å². The molecule has 0 spiro atoms. The molecule has 0 unspecified atom stereocenters. The number of rotatable bonds is 9. The van der Waals surface area contributed by atoms with E-state index >= 15 is 0 Å². The van der Waals surface area contributed by atoms with Crippen molar-refractivity contribution < 1.29 is 14.7 Å². The van der Waals surface area contributed by atoms with Gasteiger partial charge >= 0.3 is 0 Å². The Hall–Kier alpha value is -1.98. The largest absolute Gasteiger partial charge is 0.508 e. The summed E-state index contributed by atoms with van der Waals surface area (Å²) in [6, 6.07) is 6.46. The minimum atomic E-state index is -0.143. The lowest BCUT2D eigenvalue weighted by molar-refractivity contribution is -0.121. The van der Waals surface area contributed by atoms with E-state index in [2.05, 4.69) is 0 Å². The summed E-state index contributed by atoms with van der Waals surface area (Å²) in [4.78, 5) is 28.7. The van der Waals surface area contributed by atoms with Gasteiger partial charge in [0.2, 0.25) is 0 Å². The van der Waals surface area contributed by atoms with Crippen molar-refractivity contribution in [2.75, 3.05) is 41.3 Å². The number of ketones is 2. The van der Waals surface area contributed by atoms with Crippen molar-refractivity contribution in [2.45, 2.75) is 12.8 Å². The number of Topliss-reactive ketones (excluding diaryl/α,β-unsaturated/α-hetero) is 2. The number of nitrogens with zero attached hydrogens (tertiary/aromatic N) is 2. The van der Waals surface area contributed by atoms with Crippen LogP contribution in [0.25, 0.3) is 6.08 Å². The summed E-state index contributed by atoms with van der Waals surface area (Å²) in [5, 5.41) is 9.33. The summed E-state index contributed by atoms with van der Waals surface area (Å²) in [6.45, 7) is 1.21. The standard InChI is InChI=1S/C18H26N2O3/c1-19(2)11-9-17(22)16(18(23)10-12-20(3)4)13-14-5-7-15(21)8-6-14/h5-8,13,21H,9-12H2,1-4H3. The summed E-state index contributed by atoms with van der Waals surface area (Å²) in [6.07, 6.45) is 2.24. The van der Waals surface area contributed by atoms with Crippen molar-refractivity contribution in [1.29, 1.82) is 0 Å². The van der Waals surface area contributed by atoms with Gasteiger partial charge in [0.25, 0.3) is 0 Å². The van der Waals surface area contributed by atoms with Crippen LogP contribution in [-0.2, 0) is 9.59 Å². The van der Waals surface area contributed by atoms with Crippen molar-refractivity contribution in [1.82, 2.24) is 9.80 Å². The first-order chi connectivity index (χ1) is 10.8. The Morgan fingerprint density at radius 3 is 1.74 bits per heavy atom. The van der Waals surface area contributed by atoms with E-state index in [4.69, 9.17) is 0 Å². The lowest BCUT2D eigenvalue weighted by Crippen LogP contribution is -2.23. The van der Waals surface area contributed by atoms with Gasteiger partial charge < -0.3 is 14.9 Å². The molecule has 0 saturated carbocycles. The van der Waals surface area contributed by atoms with Crippen LogP contribution in [-0.4, -0.2) is 67.8 Å². The Balaban J connectivity index is 2.97. The predicted octanol–water partition coefficient (Wildman–Crippen LogP) is 1.82. The number of hydrogen-bond donors (Lipinski definition) is 1. The van der Waals surface area contributed by atoms with E-state index in [-0.39, 0.29) is 22.9 Å². The first-order valence-electron chi connectivity index (χ1n) is 7.66. The number of benzene rings is 1. The molecule has 0 heterocycles. The van der Waals surface area contributed by atoms with E-state index in [1.807, 2.05) is 38.0 Å². The van der Waals surface area contributed by atoms with Crippen LogP contribution in [0.4, 0.5) is 0 Å². The third-order valence-corrected chi connectivity index (χ3v) is 3.38. The maximum absolute atomic E-state index is 12.4. The smallest absolute Gasteiger partial charge is 0.167 e. The zero-order chi connectivity index (χ0) is 17.4. The van der Waals surface area contributed by atoms with Gasteiger partial charge in [0, 0.05) is 25.9 Å². The number of phenolic OH excluding ortho intramolecular Hbond substituents is 1. The second-order valence-electron chi connectivity index (χ2n) is 6.10. The molecule has 0 bridgehead atoms. The molecule has 0 aromatic heterocycles. The van der Waals surface area contributed by atoms with Crippen LogP contribution < -0.4 is 0 Å². The minimum absolute atomic E-state index is 0.143. The normalized spacial score (nSPS) is 10.9. The van der Waals surface area contributed by atoms with Crippen LogP contribution in [0.3, 0.4) is 0 Å². The molecule has 1 aromatic rings. The van der Waals surface area contributed by atoms with Crippen LogP contribution >= 0.6 is 0 Å². The molecule has 1 rings (SSSR count).